The van der Waals surface area contributed by atoms with Crippen molar-refractivity contribution in [2.24, 2.45) is 4.99 Å². The van der Waals surface area contributed by atoms with Crippen molar-refractivity contribution >= 4 is 37.5 Å². The molecule has 0 aliphatic carbocycles. The van der Waals surface area contributed by atoms with E-state index in [1.54, 1.807) is 7.05 Å². The summed E-state index contributed by atoms with van der Waals surface area (Å²) in [5.74, 6) is -0.421. The zero-order valence-corrected chi connectivity index (χ0v) is 21.9. The Kier molecular flexibility index (Phi) is 8.18. The van der Waals surface area contributed by atoms with Crippen molar-refractivity contribution in [2.75, 3.05) is 33.4 Å². The number of hydrogen-bond donors (Lipinski definition) is 0. The number of aromatic nitrogens is 1. The number of aryl methyl sites for hydroxylation is 1. The molecule has 1 saturated heterocycles. The van der Waals surface area contributed by atoms with Gasteiger partial charge in [0.05, 0.1) is 27.8 Å². The first kappa shape index (κ1) is 25.7. The maximum atomic E-state index is 13.0. The van der Waals surface area contributed by atoms with Crippen LogP contribution < -0.4 is 4.80 Å². The summed E-state index contributed by atoms with van der Waals surface area (Å²) in [5.41, 5.74) is 2.47. The van der Waals surface area contributed by atoms with E-state index in [4.69, 9.17) is 9.47 Å². The van der Waals surface area contributed by atoms with Crippen molar-refractivity contribution in [3.8, 4) is 0 Å². The average Bonchev–Trinajstić information content (AvgIpc) is 3.46. The summed E-state index contributed by atoms with van der Waals surface area (Å²) in [4.78, 5) is 18.1. The van der Waals surface area contributed by atoms with Gasteiger partial charge in [-0.15, -0.1) is 0 Å². The smallest absolute Gasteiger partial charge is 0.279 e. The van der Waals surface area contributed by atoms with Gasteiger partial charge in [-0.1, -0.05) is 17.4 Å². The van der Waals surface area contributed by atoms with Gasteiger partial charge < -0.3 is 14.0 Å². The molecule has 10 heteroatoms. The van der Waals surface area contributed by atoms with E-state index in [1.807, 2.05) is 30.5 Å². The Bertz CT molecular complexity index is 1350. The fraction of sp³-hybridized carbons (Fsp3) is 0.440. The second kappa shape index (κ2) is 11.1. The number of benzene rings is 2. The molecule has 1 aliphatic heterocycles. The van der Waals surface area contributed by atoms with Crippen LogP contribution in [0.1, 0.15) is 35.7 Å². The fourth-order valence-electron chi connectivity index (χ4n) is 4.06. The monoisotopic (exact) mass is 517 g/mol. The SMILES string of the molecule is CCOCCn1c(=NC(=O)c2ccc(S(=O)(=O)N(C)CC3CCCO3)cc2)sc2cc(C)ccc21. The Labute approximate surface area is 209 Å². The molecule has 1 aromatic heterocycles. The topological polar surface area (TPSA) is 90.2 Å². The molecule has 0 saturated carbocycles. The molecule has 1 unspecified atom stereocenters. The lowest BCUT2D eigenvalue weighted by Crippen LogP contribution is -2.34. The maximum Gasteiger partial charge on any atom is 0.279 e. The van der Waals surface area contributed by atoms with E-state index >= 15 is 0 Å². The molecular formula is C25H31N3O5S2. The number of carbonyl (C=O) groups excluding carboxylic acids is 1. The predicted molar refractivity (Wildman–Crippen MR) is 136 cm³/mol. The van der Waals surface area contributed by atoms with Crippen LogP contribution in [0.2, 0.25) is 0 Å². The van der Waals surface area contributed by atoms with Crippen molar-refractivity contribution in [3.63, 3.8) is 0 Å². The zero-order valence-electron chi connectivity index (χ0n) is 20.3. The minimum Gasteiger partial charge on any atom is -0.380 e. The number of amides is 1. The summed E-state index contributed by atoms with van der Waals surface area (Å²) in [6.07, 6.45) is 1.73. The molecule has 35 heavy (non-hydrogen) atoms. The fourth-order valence-corrected chi connectivity index (χ4v) is 6.41. The second-order valence-corrected chi connectivity index (χ2v) is 11.6. The molecule has 4 rings (SSSR count). The number of thiazole rings is 1. The van der Waals surface area contributed by atoms with Gasteiger partial charge >= 0.3 is 0 Å². The van der Waals surface area contributed by atoms with Crippen LogP contribution >= 0.6 is 11.3 Å². The first-order chi connectivity index (χ1) is 16.8. The highest BCUT2D eigenvalue weighted by atomic mass is 32.2. The van der Waals surface area contributed by atoms with Crippen molar-refractivity contribution in [2.45, 2.75) is 44.2 Å². The Morgan fingerprint density at radius 2 is 2.03 bits per heavy atom. The van der Waals surface area contributed by atoms with E-state index < -0.39 is 15.9 Å². The second-order valence-electron chi connectivity index (χ2n) is 8.57. The number of nitrogens with zero attached hydrogens (tertiary/aromatic N) is 3. The minimum atomic E-state index is -3.67. The lowest BCUT2D eigenvalue weighted by atomic mass is 10.2. The number of sulfonamides is 1. The van der Waals surface area contributed by atoms with Gasteiger partial charge in [-0.05, 0) is 68.7 Å². The van der Waals surface area contributed by atoms with Gasteiger partial charge in [0.25, 0.3) is 5.91 Å². The Morgan fingerprint density at radius 3 is 2.71 bits per heavy atom. The number of likely N-dealkylation sites (N-methyl/N-ethyl adjacent to an activating group) is 1. The largest absolute Gasteiger partial charge is 0.380 e. The standard InChI is InChI=1S/C25H31N3O5S2/c1-4-32-15-13-28-22-12-7-18(2)16-23(22)34-25(28)26-24(29)19-8-10-21(11-9-19)35(30,31)27(3)17-20-6-5-14-33-20/h7-12,16,20H,4-6,13-15,17H2,1-3H3. The highest BCUT2D eigenvalue weighted by Gasteiger charge is 2.26. The molecule has 0 spiro atoms. The van der Waals surface area contributed by atoms with E-state index in [0.29, 0.717) is 43.3 Å². The van der Waals surface area contributed by atoms with Crippen LogP contribution in [0.3, 0.4) is 0 Å². The number of ether oxygens (including phenoxy) is 2. The van der Waals surface area contributed by atoms with Crippen LogP contribution in [0.15, 0.2) is 52.4 Å². The molecule has 188 valence electrons. The molecule has 3 aromatic rings. The van der Waals surface area contributed by atoms with Crippen LogP contribution in [0, 0.1) is 6.92 Å². The lowest BCUT2D eigenvalue weighted by molar-refractivity contribution is 0.0979. The molecule has 1 aliphatic rings. The third kappa shape index (κ3) is 5.90. The van der Waals surface area contributed by atoms with Gasteiger partial charge in [-0.2, -0.15) is 9.30 Å². The van der Waals surface area contributed by atoms with Gasteiger partial charge in [-0.25, -0.2) is 8.42 Å². The molecular weight excluding hydrogens is 486 g/mol. The average molecular weight is 518 g/mol. The quantitative estimate of drug-likeness (QED) is 0.405. The molecule has 1 atom stereocenters. The van der Waals surface area contributed by atoms with Crippen LogP contribution in [-0.4, -0.2) is 62.7 Å². The van der Waals surface area contributed by atoms with Gasteiger partial charge in [0.15, 0.2) is 4.80 Å². The van der Waals surface area contributed by atoms with Crippen molar-refractivity contribution in [1.29, 1.82) is 0 Å². The van der Waals surface area contributed by atoms with Crippen molar-refractivity contribution in [1.82, 2.24) is 8.87 Å². The third-order valence-corrected chi connectivity index (χ3v) is 8.87. The molecule has 0 N–H and O–H groups in total. The normalized spacial score (nSPS) is 17.0. The Hall–Kier alpha value is -2.37. The van der Waals surface area contributed by atoms with E-state index in [1.165, 1.54) is 39.9 Å². The van der Waals surface area contributed by atoms with E-state index in [9.17, 15) is 13.2 Å². The molecule has 2 aromatic carbocycles. The summed E-state index contributed by atoms with van der Waals surface area (Å²) in [6, 6.07) is 12.1. The molecule has 8 nitrogen and oxygen atoms in total. The van der Waals surface area contributed by atoms with Crippen molar-refractivity contribution in [3.05, 3.63) is 58.4 Å². The van der Waals surface area contributed by atoms with Gasteiger partial charge in [-0.3, -0.25) is 4.79 Å². The maximum absolute atomic E-state index is 13.0. The van der Waals surface area contributed by atoms with Crippen LogP contribution in [0.4, 0.5) is 0 Å². The Morgan fingerprint density at radius 1 is 1.26 bits per heavy atom. The lowest BCUT2D eigenvalue weighted by Gasteiger charge is -2.20. The van der Waals surface area contributed by atoms with Gasteiger partial charge in [0.1, 0.15) is 0 Å². The van der Waals surface area contributed by atoms with Crippen LogP contribution in [-0.2, 0) is 26.0 Å². The van der Waals surface area contributed by atoms with E-state index in [2.05, 4.69) is 11.1 Å². The van der Waals surface area contributed by atoms with Crippen molar-refractivity contribution < 1.29 is 22.7 Å². The summed E-state index contributed by atoms with van der Waals surface area (Å²) in [5, 5.41) is 0. The number of carbonyl (C=O) groups is 1. The molecule has 0 radical (unpaired) electrons. The summed E-state index contributed by atoms with van der Waals surface area (Å²) >= 11 is 1.45. The zero-order chi connectivity index (χ0) is 25.0. The minimum absolute atomic E-state index is 0.0751. The summed E-state index contributed by atoms with van der Waals surface area (Å²) < 4.78 is 41.3. The molecule has 1 amide bonds. The number of rotatable bonds is 9. The molecule has 1 fully saturated rings. The van der Waals surface area contributed by atoms with Crippen LogP contribution in [0.5, 0.6) is 0 Å². The first-order valence-corrected chi connectivity index (χ1v) is 14.0. The van der Waals surface area contributed by atoms with E-state index in [-0.39, 0.29) is 11.0 Å². The number of hydrogen-bond acceptors (Lipinski definition) is 6. The molecule has 0 bridgehead atoms. The highest BCUT2D eigenvalue weighted by Crippen LogP contribution is 2.21. The first-order valence-electron chi connectivity index (χ1n) is 11.7. The molecule has 2 heterocycles. The van der Waals surface area contributed by atoms with Gasteiger partial charge in [0, 0.05) is 38.9 Å². The predicted octanol–water partition coefficient (Wildman–Crippen LogP) is 3.59. The third-order valence-electron chi connectivity index (χ3n) is 5.99. The summed E-state index contributed by atoms with van der Waals surface area (Å²) in [7, 11) is -2.12. The Balaban J connectivity index is 1.58. The number of fused-ring (bicyclic) bond motifs is 1. The van der Waals surface area contributed by atoms with E-state index in [0.717, 1.165) is 28.6 Å². The van der Waals surface area contributed by atoms with Gasteiger partial charge in [0.2, 0.25) is 10.0 Å². The summed E-state index contributed by atoms with van der Waals surface area (Å²) in [6.45, 7) is 6.67. The highest BCUT2D eigenvalue weighted by molar-refractivity contribution is 7.89. The van der Waals surface area contributed by atoms with Crippen LogP contribution in [0.25, 0.3) is 10.2 Å².